The van der Waals surface area contributed by atoms with E-state index in [1.807, 2.05) is 7.11 Å². The minimum Gasteiger partial charge on any atom is -0.380 e. The fraction of sp³-hybridized carbons (Fsp3) is 1.00. The van der Waals surface area contributed by atoms with Crippen LogP contribution in [0.4, 0.5) is 0 Å². The summed E-state index contributed by atoms with van der Waals surface area (Å²) in [5.41, 5.74) is 0. The predicted molar refractivity (Wildman–Crippen MR) is 64.2 cm³/mol. The number of nitrogens with zero attached hydrogens (tertiary/aromatic N) is 1. The predicted octanol–water partition coefficient (Wildman–Crippen LogP) is 1.48. The first-order chi connectivity index (χ1) is 7.19. The van der Waals surface area contributed by atoms with Crippen molar-refractivity contribution < 1.29 is 4.74 Å². The van der Waals surface area contributed by atoms with E-state index in [1.165, 1.54) is 19.4 Å². The molecule has 0 aromatic rings. The zero-order chi connectivity index (χ0) is 11.3. The second kappa shape index (κ2) is 6.46. The molecule has 0 saturated carbocycles. The first kappa shape index (κ1) is 12.9. The Kier molecular flexibility index (Phi) is 5.58. The van der Waals surface area contributed by atoms with Crippen molar-refractivity contribution in [2.75, 3.05) is 26.7 Å². The Hall–Kier alpha value is -0.120. The SMILES string of the molecule is CCNC(C)C(C)N1CCCC(OC)C1. The number of hydrogen-bond donors (Lipinski definition) is 1. The molecule has 1 aliphatic rings. The summed E-state index contributed by atoms with van der Waals surface area (Å²) in [6, 6.07) is 1.16. The van der Waals surface area contributed by atoms with Crippen molar-refractivity contribution in [2.45, 2.75) is 51.8 Å². The first-order valence-electron chi connectivity index (χ1n) is 6.19. The van der Waals surface area contributed by atoms with Crippen LogP contribution in [0.5, 0.6) is 0 Å². The Morgan fingerprint density at radius 3 is 2.80 bits per heavy atom. The van der Waals surface area contributed by atoms with Gasteiger partial charge in [-0.15, -0.1) is 0 Å². The van der Waals surface area contributed by atoms with Gasteiger partial charge in [0.05, 0.1) is 6.10 Å². The third-order valence-electron chi connectivity index (χ3n) is 3.57. The lowest BCUT2D eigenvalue weighted by Gasteiger charge is -2.38. The molecule has 0 spiro atoms. The number of hydrogen-bond acceptors (Lipinski definition) is 3. The Labute approximate surface area is 94.2 Å². The maximum Gasteiger partial charge on any atom is 0.0698 e. The summed E-state index contributed by atoms with van der Waals surface area (Å²) < 4.78 is 5.45. The maximum atomic E-state index is 5.45. The Balaban J connectivity index is 2.40. The molecule has 1 rings (SSSR count). The van der Waals surface area contributed by atoms with Crippen molar-refractivity contribution in [3.63, 3.8) is 0 Å². The molecule has 1 saturated heterocycles. The van der Waals surface area contributed by atoms with Crippen LogP contribution in [0.25, 0.3) is 0 Å². The number of piperidine rings is 1. The smallest absolute Gasteiger partial charge is 0.0698 e. The van der Waals surface area contributed by atoms with Crippen molar-refractivity contribution in [3.05, 3.63) is 0 Å². The molecule has 1 fully saturated rings. The van der Waals surface area contributed by atoms with Crippen molar-refractivity contribution in [1.29, 1.82) is 0 Å². The number of likely N-dealkylation sites (tertiary alicyclic amines) is 1. The summed E-state index contributed by atoms with van der Waals surface area (Å²) in [6.07, 6.45) is 2.92. The average Bonchev–Trinajstić information content (AvgIpc) is 2.28. The molecule has 15 heavy (non-hydrogen) atoms. The van der Waals surface area contributed by atoms with Crippen LogP contribution in [0, 0.1) is 0 Å². The standard InChI is InChI=1S/C12H26N2O/c1-5-13-10(2)11(3)14-8-6-7-12(9-14)15-4/h10-13H,5-9H2,1-4H3. The van der Waals surface area contributed by atoms with E-state index >= 15 is 0 Å². The molecule has 3 unspecified atom stereocenters. The normalized spacial score (nSPS) is 27.6. The molecule has 3 atom stereocenters. The zero-order valence-electron chi connectivity index (χ0n) is 10.6. The fourth-order valence-electron chi connectivity index (χ4n) is 2.34. The highest BCUT2D eigenvalue weighted by molar-refractivity contribution is 4.82. The highest BCUT2D eigenvalue weighted by atomic mass is 16.5. The van der Waals surface area contributed by atoms with Crippen molar-refractivity contribution >= 4 is 0 Å². The molecule has 1 N–H and O–H groups in total. The Morgan fingerprint density at radius 2 is 2.20 bits per heavy atom. The zero-order valence-corrected chi connectivity index (χ0v) is 10.6. The van der Waals surface area contributed by atoms with E-state index in [-0.39, 0.29) is 0 Å². The van der Waals surface area contributed by atoms with Crippen molar-refractivity contribution in [1.82, 2.24) is 10.2 Å². The van der Waals surface area contributed by atoms with E-state index in [9.17, 15) is 0 Å². The molecule has 1 heterocycles. The lowest BCUT2D eigenvalue weighted by atomic mass is 10.0. The van der Waals surface area contributed by atoms with E-state index in [0.29, 0.717) is 18.2 Å². The van der Waals surface area contributed by atoms with Crippen LogP contribution >= 0.6 is 0 Å². The molecule has 0 radical (unpaired) electrons. The van der Waals surface area contributed by atoms with E-state index in [2.05, 4.69) is 31.0 Å². The molecule has 0 aromatic carbocycles. The van der Waals surface area contributed by atoms with Gasteiger partial charge in [0, 0.05) is 25.7 Å². The Bertz CT molecular complexity index is 175. The van der Waals surface area contributed by atoms with Crippen LogP contribution in [-0.2, 0) is 4.74 Å². The summed E-state index contributed by atoms with van der Waals surface area (Å²) in [7, 11) is 1.83. The van der Waals surface area contributed by atoms with Gasteiger partial charge >= 0.3 is 0 Å². The van der Waals surface area contributed by atoms with Gasteiger partial charge in [0.15, 0.2) is 0 Å². The lowest BCUT2D eigenvalue weighted by Crippen LogP contribution is -2.51. The Morgan fingerprint density at radius 1 is 1.47 bits per heavy atom. The monoisotopic (exact) mass is 214 g/mol. The molecule has 1 aliphatic heterocycles. The van der Waals surface area contributed by atoms with E-state index in [4.69, 9.17) is 4.74 Å². The van der Waals surface area contributed by atoms with Crippen LogP contribution in [0.15, 0.2) is 0 Å². The summed E-state index contributed by atoms with van der Waals surface area (Å²) in [5, 5.41) is 3.49. The highest BCUT2D eigenvalue weighted by Crippen LogP contribution is 2.16. The van der Waals surface area contributed by atoms with Crippen molar-refractivity contribution in [3.8, 4) is 0 Å². The second-order valence-corrected chi connectivity index (χ2v) is 4.58. The van der Waals surface area contributed by atoms with Crippen LogP contribution in [0.1, 0.15) is 33.6 Å². The molecule has 0 aromatic heterocycles. The second-order valence-electron chi connectivity index (χ2n) is 4.58. The summed E-state index contributed by atoms with van der Waals surface area (Å²) >= 11 is 0. The van der Waals surface area contributed by atoms with Gasteiger partial charge in [-0.1, -0.05) is 6.92 Å². The van der Waals surface area contributed by atoms with Gasteiger partial charge in [-0.2, -0.15) is 0 Å². The topological polar surface area (TPSA) is 24.5 Å². The van der Waals surface area contributed by atoms with Gasteiger partial charge in [-0.05, 0) is 39.8 Å². The van der Waals surface area contributed by atoms with Gasteiger partial charge in [-0.25, -0.2) is 0 Å². The fourth-order valence-corrected chi connectivity index (χ4v) is 2.34. The molecule has 0 bridgehead atoms. The van der Waals surface area contributed by atoms with Gasteiger partial charge in [0.25, 0.3) is 0 Å². The van der Waals surface area contributed by atoms with Crippen molar-refractivity contribution in [2.24, 2.45) is 0 Å². The molecule has 90 valence electrons. The van der Waals surface area contributed by atoms with Gasteiger partial charge in [-0.3, -0.25) is 4.90 Å². The van der Waals surface area contributed by atoms with Gasteiger partial charge < -0.3 is 10.1 Å². The number of likely N-dealkylation sites (N-methyl/N-ethyl adjacent to an activating group) is 1. The van der Waals surface area contributed by atoms with Crippen LogP contribution in [0.2, 0.25) is 0 Å². The molecular weight excluding hydrogens is 188 g/mol. The van der Waals surface area contributed by atoms with Gasteiger partial charge in [0.2, 0.25) is 0 Å². The quantitative estimate of drug-likeness (QED) is 0.750. The summed E-state index contributed by atoms with van der Waals surface area (Å²) in [5.74, 6) is 0. The molecule has 0 amide bonds. The number of ether oxygens (including phenoxy) is 1. The maximum absolute atomic E-state index is 5.45. The minimum absolute atomic E-state index is 0.440. The van der Waals surface area contributed by atoms with E-state index in [1.54, 1.807) is 0 Å². The summed E-state index contributed by atoms with van der Waals surface area (Å²) in [6.45, 7) is 10.1. The van der Waals surface area contributed by atoms with Gasteiger partial charge in [0.1, 0.15) is 0 Å². The van der Waals surface area contributed by atoms with E-state index in [0.717, 1.165) is 13.1 Å². The molecular formula is C12H26N2O. The third-order valence-corrected chi connectivity index (χ3v) is 3.57. The van der Waals surface area contributed by atoms with E-state index < -0.39 is 0 Å². The first-order valence-corrected chi connectivity index (χ1v) is 6.19. The number of methoxy groups -OCH3 is 1. The lowest BCUT2D eigenvalue weighted by molar-refractivity contribution is 0.0121. The largest absolute Gasteiger partial charge is 0.380 e. The molecule has 3 heteroatoms. The number of rotatable bonds is 5. The summed E-state index contributed by atoms with van der Waals surface area (Å²) in [4.78, 5) is 2.55. The third kappa shape index (κ3) is 3.74. The minimum atomic E-state index is 0.440. The average molecular weight is 214 g/mol. The molecule has 3 nitrogen and oxygen atoms in total. The van der Waals surface area contributed by atoms with Crippen LogP contribution in [0.3, 0.4) is 0 Å². The van der Waals surface area contributed by atoms with Crippen LogP contribution < -0.4 is 5.32 Å². The number of nitrogens with one attached hydrogen (secondary N) is 1. The highest BCUT2D eigenvalue weighted by Gasteiger charge is 2.25. The molecule has 0 aliphatic carbocycles. The van der Waals surface area contributed by atoms with Crippen LogP contribution in [-0.4, -0.2) is 49.8 Å².